The minimum Gasteiger partial charge on any atom is -1.00 e. The fourth-order valence-corrected chi connectivity index (χ4v) is 2.85. The van der Waals surface area contributed by atoms with Crippen molar-refractivity contribution in [2.24, 2.45) is 5.73 Å². The van der Waals surface area contributed by atoms with E-state index in [9.17, 15) is 8.42 Å². The molecule has 0 aliphatic rings. The molecule has 0 fully saturated rings. The van der Waals surface area contributed by atoms with Gasteiger partial charge in [0.05, 0.1) is 11.4 Å². The minimum absolute atomic E-state index is 0. The van der Waals surface area contributed by atoms with E-state index < -0.39 is 16.2 Å². The molecule has 0 saturated heterocycles. The molecular formula is C9H22NNaO3S. The molecule has 0 amide bonds. The number of rotatable bonds is 7. The Morgan fingerprint density at radius 3 is 2.27 bits per heavy atom. The zero-order valence-corrected chi connectivity index (χ0v) is 13.0. The molecule has 0 aromatic heterocycles. The summed E-state index contributed by atoms with van der Waals surface area (Å²) in [5.41, 5.74) is 5.31. The van der Waals surface area contributed by atoms with Crippen LogP contribution in [0.25, 0.3) is 0 Å². The standard InChI is InChI=1S/C9H21NO3S.Na.H/c1-4-6-9(5-2)14(11,12)13-8(3)7-10;;/h8-9H,4-7,10H2,1-3H3;;/q;+1;-1. The molecular weight excluding hydrogens is 225 g/mol. The average Bonchev–Trinajstić information content (AvgIpc) is 2.12. The van der Waals surface area contributed by atoms with Crippen molar-refractivity contribution in [2.45, 2.75) is 51.4 Å². The van der Waals surface area contributed by atoms with E-state index >= 15 is 0 Å². The second-order valence-corrected chi connectivity index (χ2v) is 5.30. The molecule has 2 atom stereocenters. The molecule has 0 bridgehead atoms. The summed E-state index contributed by atoms with van der Waals surface area (Å²) in [6, 6.07) is 0. The second kappa shape index (κ2) is 8.96. The van der Waals surface area contributed by atoms with Gasteiger partial charge in [0.15, 0.2) is 0 Å². The third-order valence-electron chi connectivity index (χ3n) is 2.10. The summed E-state index contributed by atoms with van der Waals surface area (Å²) >= 11 is 0. The fourth-order valence-electron chi connectivity index (χ4n) is 1.22. The molecule has 0 rings (SSSR count). The molecule has 0 aromatic carbocycles. The maximum Gasteiger partial charge on any atom is 1.00 e. The van der Waals surface area contributed by atoms with E-state index in [1.54, 1.807) is 6.92 Å². The predicted molar refractivity (Wildman–Crippen MR) is 58.6 cm³/mol. The van der Waals surface area contributed by atoms with Crippen molar-refractivity contribution in [2.75, 3.05) is 6.54 Å². The van der Waals surface area contributed by atoms with E-state index in [0.717, 1.165) is 6.42 Å². The first-order chi connectivity index (χ1) is 6.47. The van der Waals surface area contributed by atoms with Crippen LogP contribution in [0.4, 0.5) is 0 Å². The molecule has 0 aliphatic carbocycles. The van der Waals surface area contributed by atoms with Crippen molar-refractivity contribution >= 4 is 10.1 Å². The van der Waals surface area contributed by atoms with Crippen LogP contribution in [-0.4, -0.2) is 26.3 Å². The Morgan fingerprint density at radius 1 is 1.40 bits per heavy atom. The topological polar surface area (TPSA) is 69.4 Å². The third-order valence-corrected chi connectivity index (χ3v) is 4.09. The summed E-state index contributed by atoms with van der Waals surface area (Å²) in [6.45, 7) is 5.71. The molecule has 4 nitrogen and oxygen atoms in total. The Labute approximate surface area is 117 Å². The fraction of sp³-hybridized carbons (Fsp3) is 1.00. The normalized spacial score (nSPS) is 15.5. The molecule has 0 radical (unpaired) electrons. The van der Waals surface area contributed by atoms with Crippen LogP contribution in [0.15, 0.2) is 0 Å². The van der Waals surface area contributed by atoms with Crippen LogP contribution in [0, 0.1) is 0 Å². The van der Waals surface area contributed by atoms with Gasteiger partial charge >= 0.3 is 29.6 Å². The Balaban J connectivity index is -0.000000845. The van der Waals surface area contributed by atoms with Crippen LogP contribution in [0.2, 0.25) is 0 Å². The van der Waals surface area contributed by atoms with Crippen molar-refractivity contribution in [3.05, 3.63) is 0 Å². The zero-order chi connectivity index (χ0) is 11.2. The van der Waals surface area contributed by atoms with E-state index in [2.05, 4.69) is 0 Å². The van der Waals surface area contributed by atoms with Gasteiger partial charge in [-0.15, -0.1) is 0 Å². The van der Waals surface area contributed by atoms with Crippen molar-refractivity contribution in [3.8, 4) is 0 Å². The van der Waals surface area contributed by atoms with Crippen LogP contribution in [0.1, 0.15) is 41.5 Å². The molecule has 15 heavy (non-hydrogen) atoms. The van der Waals surface area contributed by atoms with Crippen LogP contribution in [-0.2, 0) is 14.3 Å². The molecule has 0 heterocycles. The van der Waals surface area contributed by atoms with Crippen LogP contribution in [0.3, 0.4) is 0 Å². The summed E-state index contributed by atoms with van der Waals surface area (Å²) in [5.74, 6) is 0. The Morgan fingerprint density at radius 2 is 1.93 bits per heavy atom. The summed E-state index contributed by atoms with van der Waals surface area (Å²) in [6.07, 6.45) is 1.66. The van der Waals surface area contributed by atoms with Gasteiger partial charge in [-0.1, -0.05) is 20.3 Å². The number of nitrogens with two attached hydrogens (primary N) is 1. The van der Waals surface area contributed by atoms with Gasteiger partial charge in [0.1, 0.15) is 0 Å². The minimum atomic E-state index is -3.43. The van der Waals surface area contributed by atoms with Crippen LogP contribution < -0.4 is 35.3 Å². The van der Waals surface area contributed by atoms with Crippen molar-refractivity contribution in [1.82, 2.24) is 0 Å². The predicted octanol–water partition coefficient (Wildman–Crippen LogP) is -1.62. The average molecular weight is 247 g/mol. The molecule has 2 N–H and O–H groups in total. The first-order valence-corrected chi connectivity index (χ1v) is 6.57. The maximum absolute atomic E-state index is 11.6. The molecule has 0 saturated carbocycles. The first kappa shape index (κ1) is 18.2. The van der Waals surface area contributed by atoms with Crippen LogP contribution in [0.5, 0.6) is 0 Å². The maximum atomic E-state index is 11.6. The largest absolute Gasteiger partial charge is 1.00 e. The van der Waals surface area contributed by atoms with E-state index in [1.165, 1.54) is 0 Å². The molecule has 0 aliphatic heterocycles. The molecule has 2 unspecified atom stereocenters. The van der Waals surface area contributed by atoms with Gasteiger partial charge in [-0.05, 0) is 19.8 Å². The summed E-state index contributed by atoms with van der Waals surface area (Å²) in [7, 11) is -3.43. The Hall–Kier alpha value is 0.870. The van der Waals surface area contributed by atoms with Gasteiger partial charge in [-0.25, -0.2) is 0 Å². The van der Waals surface area contributed by atoms with E-state index in [1.807, 2.05) is 13.8 Å². The quantitative estimate of drug-likeness (QED) is 0.433. The SMILES string of the molecule is CCCC(CC)S(=O)(=O)OC(C)CN.[H-].[Na+]. The van der Waals surface area contributed by atoms with E-state index in [4.69, 9.17) is 9.92 Å². The monoisotopic (exact) mass is 247 g/mol. The van der Waals surface area contributed by atoms with Crippen LogP contribution >= 0.6 is 0 Å². The van der Waals surface area contributed by atoms with Gasteiger partial charge in [-0.2, -0.15) is 8.42 Å². The van der Waals surface area contributed by atoms with Crippen molar-refractivity contribution < 1.29 is 43.6 Å². The van der Waals surface area contributed by atoms with Gasteiger partial charge in [0, 0.05) is 6.54 Å². The molecule has 88 valence electrons. The molecule has 6 heteroatoms. The van der Waals surface area contributed by atoms with Gasteiger partial charge in [-0.3, -0.25) is 4.18 Å². The summed E-state index contributed by atoms with van der Waals surface area (Å²) in [5, 5.41) is -0.388. The molecule has 0 spiro atoms. The number of hydrogen-bond donors (Lipinski definition) is 1. The smallest absolute Gasteiger partial charge is 1.00 e. The second-order valence-electron chi connectivity index (χ2n) is 3.45. The van der Waals surface area contributed by atoms with Crippen molar-refractivity contribution in [1.29, 1.82) is 0 Å². The zero-order valence-electron chi connectivity index (χ0n) is 11.2. The Kier molecular flexibility index (Phi) is 10.9. The summed E-state index contributed by atoms with van der Waals surface area (Å²) < 4.78 is 28.2. The van der Waals surface area contributed by atoms with E-state index in [0.29, 0.717) is 12.8 Å². The van der Waals surface area contributed by atoms with Gasteiger partial charge in [0.25, 0.3) is 10.1 Å². The Bertz CT molecular complexity index is 249. The van der Waals surface area contributed by atoms with Gasteiger partial charge in [0.2, 0.25) is 0 Å². The number of hydrogen-bond acceptors (Lipinski definition) is 4. The summed E-state index contributed by atoms with van der Waals surface area (Å²) in [4.78, 5) is 0. The van der Waals surface area contributed by atoms with Crippen molar-refractivity contribution in [3.63, 3.8) is 0 Å². The first-order valence-electron chi connectivity index (χ1n) is 5.10. The van der Waals surface area contributed by atoms with E-state index in [-0.39, 0.29) is 42.8 Å². The van der Waals surface area contributed by atoms with Gasteiger partial charge < -0.3 is 7.16 Å². The third kappa shape index (κ3) is 6.92. The molecule has 0 aromatic rings.